The van der Waals surface area contributed by atoms with E-state index in [0.717, 1.165) is 70.6 Å². The fraction of sp³-hybridized carbons (Fsp3) is 0.500. The van der Waals surface area contributed by atoms with E-state index in [1.165, 1.54) is 16.8 Å². The molecule has 0 spiro atoms. The molecule has 1 fully saturated rings. The highest BCUT2D eigenvalue weighted by Crippen LogP contribution is 2.30. The van der Waals surface area contributed by atoms with Crippen LogP contribution in [-0.4, -0.2) is 50.6 Å². The van der Waals surface area contributed by atoms with Gasteiger partial charge in [-0.05, 0) is 61.9 Å². The van der Waals surface area contributed by atoms with Gasteiger partial charge in [0.2, 0.25) is 5.91 Å². The number of methoxy groups -OCH3 is 1. The summed E-state index contributed by atoms with van der Waals surface area (Å²) >= 11 is 0. The predicted octanol–water partition coefficient (Wildman–Crippen LogP) is 4.18. The van der Waals surface area contributed by atoms with Gasteiger partial charge in [0.05, 0.1) is 18.8 Å². The first-order valence-corrected chi connectivity index (χ1v) is 11.7. The topological polar surface area (TPSA) is 44.8 Å². The van der Waals surface area contributed by atoms with Crippen molar-refractivity contribution < 1.29 is 9.53 Å². The summed E-state index contributed by atoms with van der Waals surface area (Å²) in [4.78, 5) is 17.4. The third kappa shape index (κ3) is 5.59. The van der Waals surface area contributed by atoms with Crippen LogP contribution in [-0.2, 0) is 11.2 Å². The van der Waals surface area contributed by atoms with Crippen molar-refractivity contribution in [2.24, 2.45) is 0 Å². The van der Waals surface area contributed by atoms with Gasteiger partial charge in [-0.1, -0.05) is 36.4 Å². The molecule has 1 aliphatic heterocycles. The van der Waals surface area contributed by atoms with Crippen LogP contribution < -0.4 is 15.0 Å². The lowest BCUT2D eigenvalue weighted by atomic mass is 9.87. The minimum absolute atomic E-state index is 0.195. The van der Waals surface area contributed by atoms with Gasteiger partial charge in [-0.25, -0.2) is 0 Å². The lowest BCUT2D eigenvalue weighted by Crippen LogP contribution is -2.46. The molecule has 31 heavy (non-hydrogen) atoms. The third-order valence-corrected chi connectivity index (χ3v) is 6.63. The molecule has 1 amide bonds. The number of para-hydroxylation sites is 2. The van der Waals surface area contributed by atoms with Crippen molar-refractivity contribution in [2.75, 3.05) is 44.7 Å². The molecule has 0 radical (unpaired) electrons. The Morgan fingerprint density at radius 3 is 2.65 bits per heavy atom. The minimum atomic E-state index is 0.195. The summed E-state index contributed by atoms with van der Waals surface area (Å²) in [6, 6.07) is 17.0. The van der Waals surface area contributed by atoms with Crippen molar-refractivity contribution in [3.05, 3.63) is 59.7 Å². The van der Waals surface area contributed by atoms with Gasteiger partial charge < -0.3 is 15.0 Å². The Labute approximate surface area is 186 Å². The highest BCUT2D eigenvalue weighted by atomic mass is 16.5. The van der Waals surface area contributed by atoms with E-state index in [1.54, 1.807) is 7.11 Å². The molecule has 2 aromatic carbocycles. The zero-order chi connectivity index (χ0) is 21.5. The number of carbonyl (C=O) groups is 1. The number of nitrogens with zero attached hydrogens (tertiary/aromatic N) is 2. The number of fused-ring (bicyclic) bond motifs is 1. The van der Waals surface area contributed by atoms with Crippen LogP contribution in [0.25, 0.3) is 0 Å². The van der Waals surface area contributed by atoms with Gasteiger partial charge in [-0.3, -0.25) is 9.69 Å². The van der Waals surface area contributed by atoms with Gasteiger partial charge in [-0.2, -0.15) is 0 Å². The highest BCUT2D eigenvalue weighted by Gasteiger charge is 2.22. The van der Waals surface area contributed by atoms with Crippen molar-refractivity contribution in [1.82, 2.24) is 10.2 Å². The molecule has 1 aliphatic carbocycles. The zero-order valence-corrected chi connectivity index (χ0v) is 18.7. The summed E-state index contributed by atoms with van der Waals surface area (Å²) in [5, 5.41) is 3.28. The first-order chi connectivity index (χ1) is 15.2. The SMILES string of the molecule is COc1ccccc1N1CCN(CCCCC(=O)NC2CCCc3ccccc32)CC1. The Bertz CT molecular complexity index is 861. The van der Waals surface area contributed by atoms with Gasteiger partial charge in [0, 0.05) is 32.6 Å². The first-order valence-electron chi connectivity index (χ1n) is 11.7. The average Bonchev–Trinajstić information content (AvgIpc) is 2.82. The molecule has 1 atom stereocenters. The maximum Gasteiger partial charge on any atom is 0.220 e. The number of carbonyl (C=O) groups excluding carboxylic acids is 1. The van der Waals surface area contributed by atoms with Crippen molar-refractivity contribution in [2.45, 2.75) is 44.6 Å². The molecule has 0 saturated carbocycles. The predicted molar refractivity (Wildman–Crippen MR) is 126 cm³/mol. The molecule has 4 rings (SSSR count). The minimum Gasteiger partial charge on any atom is -0.495 e. The zero-order valence-electron chi connectivity index (χ0n) is 18.7. The van der Waals surface area contributed by atoms with E-state index in [0.29, 0.717) is 6.42 Å². The normalized spacial score (nSPS) is 19.0. The van der Waals surface area contributed by atoms with Crippen LogP contribution in [0, 0.1) is 0 Å². The second-order valence-corrected chi connectivity index (χ2v) is 8.67. The summed E-state index contributed by atoms with van der Waals surface area (Å²) in [5.41, 5.74) is 3.90. The van der Waals surface area contributed by atoms with E-state index in [-0.39, 0.29) is 11.9 Å². The molecule has 0 bridgehead atoms. The number of aryl methyl sites for hydroxylation is 1. The fourth-order valence-corrected chi connectivity index (χ4v) is 4.89. The van der Waals surface area contributed by atoms with Gasteiger partial charge in [0.15, 0.2) is 0 Å². The van der Waals surface area contributed by atoms with Crippen molar-refractivity contribution in [3.63, 3.8) is 0 Å². The van der Waals surface area contributed by atoms with Crippen LogP contribution in [0.15, 0.2) is 48.5 Å². The Morgan fingerprint density at radius 2 is 1.81 bits per heavy atom. The van der Waals surface area contributed by atoms with E-state index in [2.05, 4.69) is 51.5 Å². The van der Waals surface area contributed by atoms with Crippen LogP contribution in [0.4, 0.5) is 5.69 Å². The van der Waals surface area contributed by atoms with E-state index in [9.17, 15) is 4.79 Å². The second kappa shape index (κ2) is 10.7. The summed E-state index contributed by atoms with van der Waals surface area (Å²) in [5.74, 6) is 1.14. The van der Waals surface area contributed by atoms with Gasteiger partial charge in [0.1, 0.15) is 5.75 Å². The number of nitrogens with one attached hydrogen (secondary N) is 1. The monoisotopic (exact) mass is 421 g/mol. The van der Waals surface area contributed by atoms with Crippen LogP contribution >= 0.6 is 0 Å². The molecule has 1 saturated heterocycles. The number of ether oxygens (including phenoxy) is 1. The van der Waals surface area contributed by atoms with Crippen molar-refractivity contribution >= 4 is 11.6 Å². The molecule has 0 aromatic heterocycles. The maximum atomic E-state index is 12.5. The lowest BCUT2D eigenvalue weighted by molar-refractivity contribution is -0.122. The number of benzene rings is 2. The summed E-state index contributed by atoms with van der Waals surface area (Å²) in [6.45, 7) is 5.22. The molecule has 166 valence electrons. The van der Waals surface area contributed by atoms with Crippen LogP contribution in [0.5, 0.6) is 5.75 Å². The standard InChI is InChI=1S/C26H35N3O2/c1-31-25-14-5-4-13-24(25)29-19-17-28(18-20-29)16-7-6-15-26(30)27-23-12-8-10-21-9-2-3-11-22(21)23/h2-5,9,11,13-14,23H,6-8,10,12,15-20H2,1H3,(H,27,30). The molecule has 2 aliphatic rings. The van der Waals surface area contributed by atoms with E-state index < -0.39 is 0 Å². The molecule has 2 aromatic rings. The quantitative estimate of drug-likeness (QED) is 0.650. The molecule has 1 N–H and O–H groups in total. The highest BCUT2D eigenvalue weighted by molar-refractivity contribution is 5.76. The maximum absolute atomic E-state index is 12.5. The smallest absolute Gasteiger partial charge is 0.220 e. The Morgan fingerprint density at radius 1 is 1.03 bits per heavy atom. The number of rotatable bonds is 8. The van der Waals surface area contributed by atoms with E-state index >= 15 is 0 Å². The second-order valence-electron chi connectivity index (χ2n) is 8.67. The number of piperazine rings is 1. The largest absolute Gasteiger partial charge is 0.495 e. The number of unbranched alkanes of at least 4 members (excludes halogenated alkanes) is 1. The third-order valence-electron chi connectivity index (χ3n) is 6.63. The van der Waals surface area contributed by atoms with E-state index in [4.69, 9.17) is 4.74 Å². The number of anilines is 1. The molecular weight excluding hydrogens is 386 g/mol. The van der Waals surface area contributed by atoms with Crippen molar-refractivity contribution in [1.29, 1.82) is 0 Å². The molecule has 5 heteroatoms. The van der Waals surface area contributed by atoms with E-state index in [1.807, 2.05) is 12.1 Å². The Balaban J connectivity index is 1.15. The Hall–Kier alpha value is -2.53. The van der Waals surface area contributed by atoms with Crippen molar-refractivity contribution in [3.8, 4) is 5.75 Å². The molecular formula is C26H35N3O2. The number of amides is 1. The van der Waals surface area contributed by atoms with Crippen LogP contribution in [0.2, 0.25) is 0 Å². The van der Waals surface area contributed by atoms with Crippen LogP contribution in [0.3, 0.4) is 0 Å². The fourth-order valence-electron chi connectivity index (χ4n) is 4.89. The first kappa shape index (κ1) is 21.7. The number of hydrogen-bond donors (Lipinski definition) is 1. The summed E-state index contributed by atoms with van der Waals surface area (Å²) in [6.07, 6.45) is 5.99. The van der Waals surface area contributed by atoms with Crippen LogP contribution in [0.1, 0.15) is 49.3 Å². The lowest BCUT2D eigenvalue weighted by Gasteiger charge is -2.36. The average molecular weight is 422 g/mol. The number of hydrogen-bond acceptors (Lipinski definition) is 4. The molecule has 5 nitrogen and oxygen atoms in total. The van der Waals surface area contributed by atoms with Gasteiger partial charge in [-0.15, -0.1) is 0 Å². The molecule has 1 heterocycles. The summed E-state index contributed by atoms with van der Waals surface area (Å²) < 4.78 is 5.51. The molecule has 1 unspecified atom stereocenters. The Kier molecular flexibility index (Phi) is 7.47. The van der Waals surface area contributed by atoms with Gasteiger partial charge in [0.25, 0.3) is 0 Å². The van der Waals surface area contributed by atoms with Gasteiger partial charge >= 0.3 is 0 Å². The summed E-state index contributed by atoms with van der Waals surface area (Å²) in [7, 11) is 1.73.